The van der Waals surface area contributed by atoms with Crippen LogP contribution in [0.15, 0.2) is 24.3 Å². The second-order valence-corrected chi connectivity index (χ2v) is 13.5. The predicted octanol–water partition coefficient (Wildman–Crippen LogP) is 11.0. The number of nitrogens with zero attached hydrogens (tertiary/aromatic N) is 1. The molecule has 0 aliphatic rings. The molecule has 7 nitrogen and oxygen atoms in total. The molecule has 0 radical (unpaired) electrons. The van der Waals surface area contributed by atoms with Gasteiger partial charge in [0.05, 0.1) is 0 Å². The molecule has 0 saturated heterocycles. The van der Waals surface area contributed by atoms with E-state index in [1.54, 1.807) is 0 Å². The Kier molecular flexibility index (Phi) is 29.7. The van der Waals surface area contributed by atoms with Gasteiger partial charge in [0.1, 0.15) is 18.8 Å². The van der Waals surface area contributed by atoms with Crippen LogP contribution in [0.25, 0.3) is 0 Å². The average molecular weight is 650 g/mol. The minimum Gasteiger partial charge on any atom is -0.461 e. The first kappa shape index (κ1) is 43.7. The van der Waals surface area contributed by atoms with Crippen molar-refractivity contribution >= 4 is 18.0 Å². The second-order valence-electron chi connectivity index (χ2n) is 13.5. The summed E-state index contributed by atoms with van der Waals surface area (Å²) in [6, 6.07) is 0. The first-order chi connectivity index (χ1) is 22.2. The lowest BCUT2D eigenvalue weighted by Gasteiger charge is -2.27. The van der Waals surface area contributed by atoms with Crippen LogP contribution in [0.4, 0.5) is 4.79 Å². The maximum absolute atomic E-state index is 12.8. The Hall–Kier alpha value is -2.31. The van der Waals surface area contributed by atoms with Gasteiger partial charge in [-0.15, -0.1) is 0 Å². The zero-order valence-electron chi connectivity index (χ0n) is 30.6. The molecule has 0 aliphatic heterocycles. The van der Waals surface area contributed by atoms with Crippen molar-refractivity contribution < 1.29 is 28.6 Å². The van der Waals surface area contributed by atoms with Crippen molar-refractivity contribution in [3.05, 3.63) is 24.3 Å². The Labute approximate surface area is 283 Å². The molecular weight excluding hydrogens is 578 g/mol. The normalized spacial score (nSPS) is 11.8. The van der Waals surface area contributed by atoms with Crippen LogP contribution < -0.4 is 0 Å². The van der Waals surface area contributed by atoms with E-state index in [0.29, 0.717) is 39.1 Å². The molecule has 0 saturated carbocycles. The first-order valence-corrected chi connectivity index (χ1v) is 18.8. The molecule has 1 amide bonds. The van der Waals surface area contributed by atoms with Crippen molar-refractivity contribution in [1.29, 1.82) is 0 Å². The van der Waals surface area contributed by atoms with Crippen LogP contribution in [0.5, 0.6) is 0 Å². The van der Waals surface area contributed by atoms with Gasteiger partial charge in [-0.25, -0.2) is 4.79 Å². The number of amides is 1. The maximum atomic E-state index is 12.8. The predicted molar refractivity (Wildman–Crippen MR) is 191 cm³/mol. The topological polar surface area (TPSA) is 82.1 Å². The van der Waals surface area contributed by atoms with Crippen LogP contribution in [-0.2, 0) is 23.8 Å². The van der Waals surface area contributed by atoms with Crippen molar-refractivity contribution in [3.8, 4) is 0 Å². The largest absolute Gasteiger partial charge is 0.461 e. The molecule has 0 atom stereocenters. The number of carbonyl (C=O) groups is 3. The van der Waals surface area contributed by atoms with Gasteiger partial charge in [-0.2, -0.15) is 0 Å². The van der Waals surface area contributed by atoms with Gasteiger partial charge in [-0.3, -0.25) is 9.59 Å². The summed E-state index contributed by atoms with van der Waals surface area (Å²) in [5.74, 6) is -0.245. The molecule has 0 fully saturated rings. The molecule has 0 aromatic carbocycles. The molecule has 0 rings (SSSR count). The highest BCUT2D eigenvalue weighted by atomic mass is 16.6. The van der Waals surface area contributed by atoms with Gasteiger partial charge >= 0.3 is 18.0 Å². The molecule has 46 heavy (non-hydrogen) atoms. The standard InChI is InChI=1S/C39H71NO6/c1-6-8-10-12-14-22-28-34-44-36(41)30-24-18-16-20-26-32-40(38(43)46-39(3,4)5)33-27-21-17-19-25-31-37(42)45-35-29-23-15-13-11-9-7-2/h22-23,28-29H,6-21,24-27,30-35H2,1-5H3/b28-22-,29-23-. The smallest absolute Gasteiger partial charge is 0.410 e. The minimum atomic E-state index is -0.520. The summed E-state index contributed by atoms with van der Waals surface area (Å²) in [5, 5.41) is 0. The number of carbonyl (C=O) groups excluding carboxylic acids is 3. The zero-order chi connectivity index (χ0) is 34.1. The number of esters is 2. The van der Waals surface area contributed by atoms with Gasteiger partial charge in [0.2, 0.25) is 0 Å². The van der Waals surface area contributed by atoms with Gasteiger partial charge in [0.25, 0.3) is 0 Å². The molecule has 0 heterocycles. The molecule has 7 heteroatoms. The van der Waals surface area contributed by atoms with E-state index < -0.39 is 5.60 Å². The van der Waals surface area contributed by atoms with Gasteiger partial charge in [-0.05, 0) is 72.1 Å². The van der Waals surface area contributed by atoms with Gasteiger partial charge in [0, 0.05) is 25.9 Å². The molecule has 268 valence electrons. The van der Waals surface area contributed by atoms with Crippen molar-refractivity contribution in [1.82, 2.24) is 4.90 Å². The highest BCUT2D eigenvalue weighted by Gasteiger charge is 2.21. The molecule has 0 bridgehead atoms. The van der Waals surface area contributed by atoms with Crippen LogP contribution >= 0.6 is 0 Å². The Bertz CT molecular complexity index is 749. The molecule has 0 unspecified atom stereocenters. The SMILES string of the molecule is CCCCCC/C=C\COC(=O)CCCCCCCN(CCCCCCCC(=O)OC/C=C\CCCCCC)C(=O)OC(C)(C)C. The lowest BCUT2D eigenvalue weighted by Crippen LogP contribution is -2.38. The lowest BCUT2D eigenvalue weighted by molar-refractivity contribution is -0.143. The number of allylic oxidation sites excluding steroid dienone is 2. The fourth-order valence-corrected chi connectivity index (χ4v) is 5.00. The van der Waals surface area contributed by atoms with Crippen LogP contribution in [-0.4, -0.2) is 54.8 Å². The third-order valence-corrected chi connectivity index (χ3v) is 7.73. The Morgan fingerprint density at radius 3 is 1.33 bits per heavy atom. The van der Waals surface area contributed by atoms with Crippen molar-refractivity contribution in [2.24, 2.45) is 0 Å². The highest BCUT2D eigenvalue weighted by molar-refractivity contribution is 5.69. The zero-order valence-corrected chi connectivity index (χ0v) is 30.6. The molecule has 0 aliphatic carbocycles. The van der Waals surface area contributed by atoms with E-state index >= 15 is 0 Å². The summed E-state index contributed by atoms with van der Waals surface area (Å²) in [7, 11) is 0. The summed E-state index contributed by atoms with van der Waals surface area (Å²) in [4.78, 5) is 38.5. The number of hydrogen-bond acceptors (Lipinski definition) is 6. The summed E-state index contributed by atoms with van der Waals surface area (Å²) >= 11 is 0. The minimum absolute atomic E-state index is 0.122. The van der Waals surface area contributed by atoms with E-state index in [4.69, 9.17) is 14.2 Å². The Balaban J connectivity index is 4.04. The Morgan fingerprint density at radius 1 is 0.522 bits per heavy atom. The first-order valence-electron chi connectivity index (χ1n) is 18.8. The lowest BCUT2D eigenvalue weighted by atomic mass is 10.1. The Morgan fingerprint density at radius 2 is 0.913 bits per heavy atom. The number of unbranched alkanes of at least 4 members (excludes halogenated alkanes) is 16. The van der Waals surface area contributed by atoms with Gasteiger partial charge < -0.3 is 19.1 Å². The van der Waals surface area contributed by atoms with Gasteiger partial charge in [-0.1, -0.05) is 115 Å². The number of hydrogen-bond donors (Lipinski definition) is 0. The van der Waals surface area contributed by atoms with Crippen molar-refractivity contribution in [2.75, 3.05) is 26.3 Å². The van der Waals surface area contributed by atoms with Crippen molar-refractivity contribution in [3.63, 3.8) is 0 Å². The van der Waals surface area contributed by atoms with E-state index in [0.717, 1.165) is 77.0 Å². The van der Waals surface area contributed by atoms with E-state index in [1.165, 1.54) is 51.4 Å². The third kappa shape index (κ3) is 31.7. The van der Waals surface area contributed by atoms with E-state index in [9.17, 15) is 14.4 Å². The van der Waals surface area contributed by atoms with E-state index in [1.807, 2.05) is 37.8 Å². The number of ether oxygens (including phenoxy) is 3. The third-order valence-electron chi connectivity index (χ3n) is 7.73. The van der Waals surface area contributed by atoms with Crippen LogP contribution in [0.1, 0.15) is 176 Å². The van der Waals surface area contributed by atoms with E-state index in [-0.39, 0.29) is 18.0 Å². The molecule has 0 spiro atoms. The maximum Gasteiger partial charge on any atom is 0.410 e. The van der Waals surface area contributed by atoms with Crippen molar-refractivity contribution in [2.45, 2.75) is 181 Å². The summed E-state index contributed by atoms with van der Waals surface area (Å²) in [6.45, 7) is 12.2. The van der Waals surface area contributed by atoms with Gasteiger partial charge in [0.15, 0.2) is 0 Å². The highest BCUT2D eigenvalue weighted by Crippen LogP contribution is 2.14. The fourth-order valence-electron chi connectivity index (χ4n) is 5.00. The quantitative estimate of drug-likeness (QED) is 0.0333. The van der Waals surface area contributed by atoms with Crippen LogP contribution in [0.3, 0.4) is 0 Å². The van der Waals surface area contributed by atoms with E-state index in [2.05, 4.69) is 26.0 Å². The van der Waals surface area contributed by atoms with Crippen LogP contribution in [0, 0.1) is 0 Å². The molecular formula is C39H71NO6. The molecule has 0 N–H and O–H groups in total. The molecule has 0 aromatic heterocycles. The fraction of sp³-hybridized carbons (Fsp3) is 0.821. The van der Waals surface area contributed by atoms with Crippen LogP contribution in [0.2, 0.25) is 0 Å². The second kappa shape index (κ2) is 31.3. The molecule has 0 aromatic rings. The average Bonchev–Trinajstić information content (AvgIpc) is 3.00. The summed E-state index contributed by atoms with van der Waals surface area (Å²) in [6.07, 6.45) is 30.5. The summed E-state index contributed by atoms with van der Waals surface area (Å²) < 4.78 is 16.3. The number of rotatable bonds is 30. The monoisotopic (exact) mass is 650 g/mol. The summed E-state index contributed by atoms with van der Waals surface area (Å²) in [5.41, 5.74) is -0.520.